The summed E-state index contributed by atoms with van der Waals surface area (Å²) in [6.07, 6.45) is 1.20. The van der Waals surface area contributed by atoms with Gasteiger partial charge in [-0.25, -0.2) is 0 Å². The molecule has 2 amide bonds. The van der Waals surface area contributed by atoms with E-state index in [1.165, 1.54) is 6.92 Å². The zero-order valence-corrected chi connectivity index (χ0v) is 25.9. The Morgan fingerprint density at radius 3 is 1.82 bits per heavy atom. The second-order valence-corrected chi connectivity index (χ2v) is 11.2. The molecule has 1 fully saturated rings. The maximum absolute atomic E-state index is 13.9. The first kappa shape index (κ1) is 33.3. The summed E-state index contributed by atoms with van der Waals surface area (Å²) in [6.45, 7) is 5.23. The van der Waals surface area contributed by atoms with Gasteiger partial charge in [0.05, 0.1) is 26.4 Å². The minimum atomic E-state index is -0.925. The molecule has 5 atom stereocenters. The molecule has 236 valence electrons. The second-order valence-electron chi connectivity index (χ2n) is 11.2. The molecule has 2 N–H and O–H groups in total. The third-order valence-electron chi connectivity index (χ3n) is 7.63. The van der Waals surface area contributed by atoms with Gasteiger partial charge in [-0.1, -0.05) is 117 Å². The number of hydrogen-bond acceptors (Lipinski definition) is 6. The van der Waals surface area contributed by atoms with Crippen LogP contribution in [0.3, 0.4) is 0 Å². The first-order valence-electron chi connectivity index (χ1n) is 15.7. The molecule has 1 aliphatic rings. The van der Waals surface area contributed by atoms with Crippen LogP contribution in [0.25, 0.3) is 0 Å². The van der Waals surface area contributed by atoms with Crippen LogP contribution in [0.2, 0.25) is 0 Å². The lowest BCUT2D eigenvalue weighted by Gasteiger charge is -2.45. The Labute approximate surface area is 261 Å². The van der Waals surface area contributed by atoms with Crippen LogP contribution in [-0.2, 0) is 48.4 Å². The molecule has 1 aliphatic heterocycles. The lowest BCUT2D eigenvalue weighted by molar-refractivity contribution is -0.247. The summed E-state index contributed by atoms with van der Waals surface area (Å²) in [5.41, 5.74) is 2.98. The standard InChI is InChI=1S/C36H46N2O6/c1-3-4-5-15-22-37-35(40)32-34(43-25-30-20-13-8-14-21-30)33(42-24-29-18-11-7-12-19-29)31(44-36(32)38-27(2)39)26-41-23-28-16-9-6-10-17-28/h6-14,16-21,31-34,36H,3-5,15,22-26H2,1-2H3,(H,37,40)(H,38,39)/t31-,32+,33-,34-,36+/m1/s1. The molecule has 0 unspecified atom stereocenters. The van der Waals surface area contributed by atoms with Crippen molar-refractivity contribution in [3.63, 3.8) is 0 Å². The van der Waals surface area contributed by atoms with Gasteiger partial charge < -0.3 is 29.6 Å². The number of benzene rings is 3. The van der Waals surface area contributed by atoms with Crippen molar-refractivity contribution in [2.75, 3.05) is 13.2 Å². The van der Waals surface area contributed by atoms with Crippen molar-refractivity contribution in [2.24, 2.45) is 5.92 Å². The maximum Gasteiger partial charge on any atom is 0.230 e. The number of ether oxygens (including phenoxy) is 4. The van der Waals surface area contributed by atoms with E-state index in [2.05, 4.69) is 17.6 Å². The molecule has 0 aromatic heterocycles. The van der Waals surface area contributed by atoms with Crippen molar-refractivity contribution < 1.29 is 28.5 Å². The molecule has 1 heterocycles. The highest BCUT2D eigenvalue weighted by atomic mass is 16.6. The molecule has 0 radical (unpaired) electrons. The van der Waals surface area contributed by atoms with Crippen molar-refractivity contribution in [2.45, 2.75) is 83.9 Å². The first-order chi connectivity index (χ1) is 21.5. The van der Waals surface area contributed by atoms with E-state index in [0.717, 1.165) is 42.4 Å². The first-order valence-corrected chi connectivity index (χ1v) is 15.7. The van der Waals surface area contributed by atoms with Crippen LogP contribution in [0, 0.1) is 5.92 Å². The Morgan fingerprint density at radius 2 is 1.27 bits per heavy atom. The normalized spacial score (nSPS) is 21.5. The van der Waals surface area contributed by atoms with Gasteiger partial charge in [-0.05, 0) is 23.1 Å². The lowest BCUT2D eigenvalue weighted by Crippen LogP contribution is -2.65. The predicted molar refractivity (Wildman–Crippen MR) is 169 cm³/mol. The van der Waals surface area contributed by atoms with Crippen LogP contribution >= 0.6 is 0 Å². The summed E-state index contributed by atoms with van der Waals surface area (Å²) in [5.74, 6) is -1.39. The minimum Gasteiger partial charge on any atom is -0.374 e. The molecule has 3 aromatic carbocycles. The monoisotopic (exact) mass is 602 g/mol. The van der Waals surface area contributed by atoms with E-state index in [4.69, 9.17) is 18.9 Å². The molecular formula is C36H46N2O6. The van der Waals surface area contributed by atoms with Crippen LogP contribution < -0.4 is 10.6 Å². The number of amides is 2. The average molecular weight is 603 g/mol. The van der Waals surface area contributed by atoms with Crippen molar-refractivity contribution in [3.05, 3.63) is 108 Å². The molecule has 0 aliphatic carbocycles. The van der Waals surface area contributed by atoms with E-state index in [9.17, 15) is 9.59 Å². The number of rotatable bonds is 17. The van der Waals surface area contributed by atoms with E-state index in [1.807, 2.05) is 91.0 Å². The van der Waals surface area contributed by atoms with E-state index in [0.29, 0.717) is 19.8 Å². The molecule has 0 saturated carbocycles. The molecule has 3 aromatic rings. The van der Waals surface area contributed by atoms with E-state index >= 15 is 0 Å². The molecule has 0 bridgehead atoms. The fraction of sp³-hybridized carbons (Fsp3) is 0.444. The number of nitrogens with one attached hydrogen (secondary N) is 2. The number of unbranched alkanes of at least 4 members (excludes halogenated alkanes) is 3. The SMILES string of the molecule is CCCCCCNC(=O)[C@@H]1[C@@H](OCc2ccccc2)[C@H](OCc2ccccc2)[C@@H](COCc2ccccc2)O[C@@H]1NC(C)=O. The Balaban J connectivity index is 1.61. The van der Waals surface area contributed by atoms with Gasteiger partial charge in [0.2, 0.25) is 11.8 Å². The van der Waals surface area contributed by atoms with E-state index in [1.54, 1.807) is 0 Å². The molecule has 8 heteroatoms. The Morgan fingerprint density at radius 1 is 0.727 bits per heavy atom. The Kier molecular flexibility index (Phi) is 13.9. The van der Waals surface area contributed by atoms with Gasteiger partial charge in [0.1, 0.15) is 30.5 Å². The molecular weight excluding hydrogens is 556 g/mol. The smallest absolute Gasteiger partial charge is 0.230 e. The van der Waals surface area contributed by atoms with Gasteiger partial charge in [-0.15, -0.1) is 0 Å². The summed E-state index contributed by atoms with van der Waals surface area (Å²) in [4.78, 5) is 26.2. The van der Waals surface area contributed by atoms with E-state index in [-0.39, 0.29) is 25.0 Å². The maximum atomic E-state index is 13.9. The van der Waals surface area contributed by atoms with Crippen LogP contribution in [-0.4, -0.2) is 49.5 Å². The Hall–Kier alpha value is -3.56. The third-order valence-corrected chi connectivity index (χ3v) is 7.63. The zero-order chi connectivity index (χ0) is 31.0. The highest BCUT2D eigenvalue weighted by Gasteiger charge is 2.51. The third kappa shape index (κ3) is 10.6. The van der Waals surface area contributed by atoms with Gasteiger partial charge >= 0.3 is 0 Å². The number of carbonyl (C=O) groups excluding carboxylic acids is 2. The largest absolute Gasteiger partial charge is 0.374 e. The lowest BCUT2D eigenvalue weighted by atomic mass is 9.88. The minimum absolute atomic E-state index is 0.182. The van der Waals surface area contributed by atoms with Crippen molar-refractivity contribution in [1.82, 2.24) is 10.6 Å². The zero-order valence-electron chi connectivity index (χ0n) is 25.9. The summed E-state index contributed by atoms with van der Waals surface area (Å²) in [5, 5.41) is 5.95. The highest BCUT2D eigenvalue weighted by molar-refractivity contribution is 5.81. The quantitative estimate of drug-likeness (QED) is 0.197. The van der Waals surface area contributed by atoms with Gasteiger partial charge in [0, 0.05) is 13.5 Å². The van der Waals surface area contributed by atoms with E-state index < -0.39 is 30.5 Å². The fourth-order valence-electron chi connectivity index (χ4n) is 5.37. The molecule has 0 spiro atoms. The summed E-state index contributed by atoms with van der Waals surface area (Å²) >= 11 is 0. The summed E-state index contributed by atoms with van der Waals surface area (Å²) in [7, 11) is 0. The topological polar surface area (TPSA) is 95.1 Å². The predicted octanol–water partition coefficient (Wildman–Crippen LogP) is 5.55. The number of hydrogen-bond donors (Lipinski definition) is 2. The van der Waals surface area contributed by atoms with Gasteiger partial charge in [0.15, 0.2) is 0 Å². The summed E-state index contributed by atoms with van der Waals surface area (Å²) < 4.78 is 25.7. The molecule has 44 heavy (non-hydrogen) atoms. The summed E-state index contributed by atoms with van der Waals surface area (Å²) in [6, 6.07) is 29.6. The van der Waals surface area contributed by atoms with Gasteiger partial charge in [-0.2, -0.15) is 0 Å². The van der Waals surface area contributed by atoms with Crippen LogP contribution in [0.15, 0.2) is 91.0 Å². The van der Waals surface area contributed by atoms with Crippen molar-refractivity contribution >= 4 is 11.8 Å². The fourth-order valence-corrected chi connectivity index (χ4v) is 5.37. The highest BCUT2D eigenvalue weighted by Crippen LogP contribution is 2.32. The molecule has 8 nitrogen and oxygen atoms in total. The molecule has 1 saturated heterocycles. The van der Waals surface area contributed by atoms with Crippen molar-refractivity contribution in [3.8, 4) is 0 Å². The Bertz CT molecular complexity index is 1240. The van der Waals surface area contributed by atoms with Crippen LogP contribution in [0.5, 0.6) is 0 Å². The van der Waals surface area contributed by atoms with Gasteiger partial charge in [0.25, 0.3) is 0 Å². The van der Waals surface area contributed by atoms with Crippen LogP contribution in [0.1, 0.15) is 56.2 Å². The van der Waals surface area contributed by atoms with Gasteiger partial charge in [-0.3, -0.25) is 9.59 Å². The van der Waals surface area contributed by atoms with Crippen LogP contribution in [0.4, 0.5) is 0 Å². The average Bonchev–Trinajstić information content (AvgIpc) is 3.04. The van der Waals surface area contributed by atoms with Crippen molar-refractivity contribution in [1.29, 1.82) is 0 Å². The molecule has 4 rings (SSSR count). The number of carbonyl (C=O) groups is 2. The second kappa shape index (κ2) is 18.3.